The van der Waals surface area contributed by atoms with Crippen molar-refractivity contribution in [1.82, 2.24) is 15.5 Å². The molecule has 128 valence electrons. The van der Waals surface area contributed by atoms with E-state index in [1.165, 1.54) is 0 Å². The Labute approximate surface area is 148 Å². The summed E-state index contributed by atoms with van der Waals surface area (Å²) in [6, 6.07) is 8.73. The Morgan fingerprint density at radius 1 is 1.20 bits per heavy atom. The van der Waals surface area contributed by atoms with Gasteiger partial charge in [0.1, 0.15) is 0 Å². The van der Waals surface area contributed by atoms with Crippen LogP contribution in [-0.2, 0) is 11.2 Å². The highest BCUT2D eigenvalue weighted by Gasteiger charge is 2.14. The van der Waals surface area contributed by atoms with Crippen molar-refractivity contribution in [2.24, 2.45) is 0 Å². The molecule has 2 aromatic heterocycles. The first-order chi connectivity index (χ1) is 12.2. The first-order valence-corrected chi connectivity index (χ1v) is 8.57. The molecule has 0 fully saturated rings. The molecule has 2 N–H and O–H groups in total. The molecule has 0 saturated carbocycles. The van der Waals surface area contributed by atoms with Gasteiger partial charge in [-0.25, -0.2) is 0 Å². The third-order valence-corrected chi connectivity index (χ3v) is 4.16. The molecular weight excluding hydrogens is 340 g/mol. The lowest BCUT2D eigenvalue weighted by Crippen LogP contribution is -2.21. The fourth-order valence-corrected chi connectivity index (χ4v) is 2.85. The van der Waals surface area contributed by atoms with Crippen LogP contribution in [0.4, 0.5) is 5.69 Å². The average Bonchev–Trinajstić information content (AvgIpc) is 3.31. The van der Waals surface area contributed by atoms with Crippen LogP contribution in [0.3, 0.4) is 0 Å². The smallest absolute Gasteiger partial charge is 0.253 e. The summed E-state index contributed by atoms with van der Waals surface area (Å²) < 4.78 is 5.55. The van der Waals surface area contributed by atoms with E-state index >= 15 is 0 Å². The molecule has 1 aromatic carbocycles. The normalized spacial score (nSPS) is 10.4. The summed E-state index contributed by atoms with van der Waals surface area (Å²) in [6.07, 6.45) is 0.498. The van der Waals surface area contributed by atoms with Crippen LogP contribution in [0.1, 0.15) is 22.7 Å². The van der Waals surface area contributed by atoms with Crippen molar-refractivity contribution in [2.75, 3.05) is 12.4 Å². The van der Waals surface area contributed by atoms with Crippen LogP contribution < -0.4 is 10.6 Å². The van der Waals surface area contributed by atoms with Gasteiger partial charge in [0.2, 0.25) is 17.7 Å². The number of rotatable bonds is 6. The van der Waals surface area contributed by atoms with Crippen molar-refractivity contribution in [3.05, 3.63) is 52.5 Å². The maximum absolute atomic E-state index is 12.2. The van der Waals surface area contributed by atoms with Gasteiger partial charge in [-0.2, -0.15) is 11.3 Å². The standard InChI is InChI=1S/C17H16N4O3S/c1-18-16(23)12-4-2-3-5-13(12)19-14(22)6-7-15-20-21-17(24-15)11-8-9-25-10-11/h2-5,8-10H,6-7H2,1H3,(H,18,23)(H,19,22). The van der Waals surface area contributed by atoms with Gasteiger partial charge in [-0.05, 0) is 23.6 Å². The highest BCUT2D eigenvalue weighted by atomic mass is 32.1. The number of hydrogen-bond acceptors (Lipinski definition) is 6. The zero-order valence-electron chi connectivity index (χ0n) is 13.5. The summed E-state index contributed by atoms with van der Waals surface area (Å²) in [7, 11) is 1.54. The first kappa shape index (κ1) is 16.8. The highest BCUT2D eigenvalue weighted by Crippen LogP contribution is 2.21. The van der Waals surface area contributed by atoms with Gasteiger partial charge in [-0.1, -0.05) is 12.1 Å². The summed E-state index contributed by atoms with van der Waals surface area (Å²) in [4.78, 5) is 24.0. The zero-order chi connectivity index (χ0) is 17.6. The van der Waals surface area contributed by atoms with Crippen molar-refractivity contribution >= 4 is 28.8 Å². The molecule has 2 heterocycles. The largest absolute Gasteiger partial charge is 0.421 e. The Morgan fingerprint density at radius 3 is 2.80 bits per heavy atom. The van der Waals surface area contributed by atoms with E-state index in [-0.39, 0.29) is 18.2 Å². The number of carbonyl (C=O) groups excluding carboxylic acids is 2. The van der Waals surface area contributed by atoms with Crippen molar-refractivity contribution < 1.29 is 14.0 Å². The minimum Gasteiger partial charge on any atom is -0.421 e. The number of nitrogens with zero attached hydrogens (tertiary/aromatic N) is 2. The van der Waals surface area contributed by atoms with E-state index in [2.05, 4.69) is 20.8 Å². The van der Waals surface area contributed by atoms with Crippen molar-refractivity contribution in [2.45, 2.75) is 12.8 Å². The lowest BCUT2D eigenvalue weighted by molar-refractivity contribution is -0.116. The number of para-hydroxylation sites is 1. The maximum atomic E-state index is 12.2. The molecule has 0 saturated heterocycles. The molecule has 0 bridgehead atoms. The van der Waals surface area contributed by atoms with Gasteiger partial charge >= 0.3 is 0 Å². The summed E-state index contributed by atoms with van der Waals surface area (Å²) in [5.74, 6) is 0.359. The summed E-state index contributed by atoms with van der Waals surface area (Å²) >= 11 is 1.54. The first-order valence-electron chi connectivity index (χ1n) is 7.63. The molecule has 2 amide bonds. The predicted molar refractivity (Wildman–Crippen MR) is 94.4 cm³/mol. The fourth-order valence-electron chi connectivity index (χ4n) is 2.22. The summed E-state index contributed by atoms with van der Waals surface area (Å²) in [6.45, 7) is 0. The number of aromatic nitrogens is 2. The third-order valence-electron chi connectivity index (χ3n) is 3.47. The van der Waals surface area contributed by atoms with Gasteiger partial charge in [0.05, 0.1) is 11.3 Å². The van der Waals surface area contributed by atoms with Crippen LogP contribution in [-0.4, -0.2) is 29.1 Å². The maximum Gasteiger partial charge on any atom is 0.253 e. The number of amides is 2. The second kappa shape index (κ2) is 7.71. The Hall–Kier alpha value is -3.00. The van der Waals surface area contributed by atoms with Gasteiger partial charge in [0, 0.05) is 30.8 Å². The van der Waals surface area contributed by atoms with Gasteiger partial charge < -0.3 is 15.1 Å². The van der Waals surface area contributed by atoms with Crippen LogP contribution >= 0.6 is 11.3 Å². The molecule has 0 aliphatic carbocycles. The predicted octanol–water partition coefficient (Wildman–Crippen LogP) is 2.73. The number of benzene rings is 1. The van der Waals surface area contributed by atoms with E-state index in [9.17, 15) is 9.59 Å². The SMILES string of the molecule is CNC(=O)c1ccccc1NC(=O)CCc1nnc(-c2ccsc2)o1. The Bertz CT molecular complexity index is 874. The van der Waals surface area contributed by atoms with Crippen LogP contribution in [0, 0.1) is 0 Å². The number of anilines is 1. The molecule has 0 unspecified atom stereocenters. The topological polar surface area (TPSA) is 97.1 Å². The molecule has 7 nitrogen and oxygen atoms in total. The molecule has 8 heteroatoms. The van der Waals surface area contributed by atoms with E-state index in [4.69, 9.17) is 4.42 Å². The van der Waals surface area contributed by atoms with E-state index in [1.54, 1.807) is 42.6 Å². The highest BCUT2D eigenvalue weighted by molar-refractivity contribution is 7.08. The summed E-state index contributed by atoms with van der Waals surface area (Å²) in [5, 5.41) is 17.1. The average molecular weight is 356 g/mol. The van der Waals surface area contributed by atoms with Crippen LogP contribution in [0.2, 0.25) is 0 Å². The van der Waals surface area contributed by atoms with Gasteiger partial charge in [0.25, 0.3) is 5.91 Å². The lowest BCUT2D eigenvalue weighted by atomic mass is 10.1. The molecule has 0 radical (unpaired) electrons. The Kier molecular flexibility index (Phi) is 5.20. The number of carbonyl (C=O) groups is 2. The summed E-state index contributed by atoms with van der Waals surface area (Å²) in [5.41, 5.74) is 1.75. The van der Waals surface area contributed by atoms with Gasteiger partial charge in [0.15, 0.2) is 0 Å². The third kappa shape index (κ3) is 4.10. The Balaban J connectivity index is 1.60. The van der Waals surface area contributed by atoms with Gasteiger partial charge in [-0.15, -0.1) is 10.2 Å². The van der Waals surface area contributed by atoms with Crippen LogP contribution in [0.15, 0.2) is 45.5 Å². The quantitative estimate of drug-likeness (QED) is 0.708. The molecule has 0 aliphatic rings. The second-order valence-corrected chi connectivity index (χ2v) is 5.97. The minimum atomic E-state index is -0.256. The van der Waals surface area contributed by atoms with E-state index < -0.39 is 0 Å². The number of hydrogen-bond donors (Lipinski definition) is 2. The molecule has 0 atom stereocenters. The van der Waals surface area contributed by atoms with Crippen molar-refractivity contribution in [1.29, 1.82) is 0 Å². The molecule has 3 aromatic rings. The second-order valence-electron chi connectivity index (χ2n) is 5.19. The molecule has 0 aliphatic heterocycles. The number of thiophene rings is 1. The van der Waals surface area contributed by atoms with Crippen molar-refractivity contribution in [3.8, 4) is 11.5 Å². The fraction of sp³-hybridized carbons (Fsp3) is 0.176. The Morgan fingerprint density at radius 2 is 2.04 bits per heavy atom. The molecule has 3 rings (SSSR count). The molecule has 0 spiro atoms. The van der Waals surface area contributed by atoms with E-state index in [0.717, 1.165) is 5.56 Å². The van der Waals surface area contributed by atoms with Gasteiger partial charge in [-0.3, -0.25) is 9.59 Å². The monoisotopic (exact) mass is 356 g/mol. The van der Waals surface area contributed by atoms with Crippen LogP contribution in [0.25, 0.3) is 11.5 Å². The zero-order valence-corrected chi connectivity index (χ0v) is 14.3. The number of aryl methyl sites for hydroxylation is 1. The number of nitrogens with one attached hydrogen (secondary N) is 2. The minimum absolute atomic E-state index is 0.174. The van der Waals surface area contributed by atoms with Crippen LogP contribution in [0.5, 0.6) is 0 Å². The molecular formula is C17H16N4O3S. The lowest BCUT2D eigenvalue weighted by Gasteiger charge is -2.09. The molecule has 25 heavy (non-hydrogen) atoms. The van der Waals surface area contributed by atoms with E-state index in [0.29, 0.717) is 29.5 Å². The van der Waals surface area contributed by atoms with Crippen molar-refractivity contribution in [3.63, 3.8) is 0 Å². The van der Waals surface area contributed by atoms with E-state index in [1.807, 2.05) is 16.8 Å².